The van der Waals surface area contributed by atoms with Gasteiger partial charge in [0.25, 0.3) is 0 Å². The SMILES string of the molecule is O=C1CCCC(Cc2ccc(F)cc2)C1. The van der Waals surface area contributed by atoms with E-state index in [0.717, 1.165) is 31.2 Å². The Morgan fingerprint density at radius 1 is 1.27 bits per heavy atom. The summed E-state index contributed by atoms with van der Waals surface area (Å²) in [5, 5.41) is 0. The van der Waals surface area contributed by atoms with E-state index < -0.39 is 0 Å². The molecule has 0 heterocycles. The Morgan fingerprint density at radius 2 is 2.00 bits per heavy atom. The van der Waals surface area contributed by atoms with Crippen molar-refractivity contribution in [1.29, 1.82) is 0 Å². The molecule has 1 aliphatic carbocycles. The van der Waals surface area contributed by atoms with Crippen LogP contribution in [0.5, 0.6) is 0 Å². The first-order valence-electron chi connectivity index (χ1n) is 5.50. The Labute approximate surface area is 89.3 Å². The molecule has 2 heteroatoms. The van der Waals surface area contributed by atoms with E-state index in [2.05, 4.69) is 0 Å². The molecular formula is C13H15FO. The van der Waals surface area contributed by atoms with E-state index in [-0.39, 0.29) is 5.82 Å². The van der Waals surface area contributed by atoms with Crippen LogP contribution >= 0.6 is 0 Å². The van der Waals surface area contributed by atoms with E-state index >= 15 is 0 Å². The maximum atomic E-state index is 12.7. The van der Waals surface area contributed by atoms with Crippen molar-refractivity contribution in [2.45, 2.75) is 32.1 Å². The molecule has 2 rings (SSSR count). The predicted molar refractivity (Wildman–Crippen MR) is 57.1 cm³/mol. The highest BCUT2D eigenvalue weighted by Crippen LogP contribution is 2.24. The van der Waals surface area contributed by atoms with Crippen LogP contribution in [0, 0.1) is 11.7 Å². The molecule has 0 N–H and O–H groups in total. The lowest BCUT2D eigenvalue weighted by atomic mass is 9.84. The summed E-state index contributed by atoms with van der Waals surface area (Å²) in [5.74, 6) is 0.656. The first-order chi connectivity index (χ1) is 7.24. The molecule has 0 aromatic heterocycles. The van der Waals surface area contributed by atoms with Crippen LogP contribution in [0.3, 0.4) is 0 Å². The second kappa shape index (κ2) is 4.56. The fraction of sp³-hybridized carbons (Fsp3) is 0.462. The molecule has 0 amide bonds. The number of benzene rings is 1. The van der Waals surface area contributed by atoms with Gasteiger partial charge >= 0.3 is 0 Å². The molecule has 1 aromatic carbocycles. The first-order valence-corrected chi connectivity index (χ1v) is 5.50. The van der Waals surface area contributed by atoms with E-state index in [9.17, 15) is 9.18 Å². The van der Waals surface area contributed by atoms with Gasteiger partial charge in [0.2, 0.25) is 0 Å². The lowest BCUT2D eigenvalue weighted by Crippen LogP contribution is -2.16. The standard InChI is InChI=1S/C13H15FO/c14-12-6-4-10(5-7-12)8-11-2-1-3-13(15)9-11/h4-7,11H,1-3,8-9H2. The first kappa shape index (κ1) is 10.3. The van der Waals surface area contributed by atoms with Crippen molar-refractivity contribution in [3.63, 3.8) is 0 Å². The molecule has 1 unspecified atom stereocenters. The lowest BCUT2D eigenvalue weighted by molar-refractivity contribution is -0.121. The summed E-state index contributed by atoms with van der Waals surface area (Å²) in [6, 6.07) is 6.60. The van der Waals surface area contributed by atoms with Gasteiger partial charge in [-0.1, -0.05) is 12.1 Å². The minimum atomic E-state index is -0.196. The van der Waals surface area contributed by atoms with Crippen molar-refractivity contribution in [3.05, 3.63) is 35.6 Å². The quantitative estimate of drug-likeness (QED) is 0.726. The summed E-state index contributed by atoms with van der Waals surface area (Å²) in [5.41, 5.74) is 1.14. The van der Waals surface area contributed by atoms with Crippen molar-refractivity contribution >= 4 is 5.78 Å². The van der Waals surface area contributed by atoms with Gasteiger partial charge in [-0.05, 0) is 42.9 Å². The summed E-state index contributed by atoms with van der Waals surface area (Å²) >= 11 is 0. The van der Waals surface area contributed by atoms with Crippen LogP contribution in [0.4, 0.5) is 4.39 Å². The van der Waals surface area contributed by atoms with Crippen molar-refractivity contribution in [3.8, 4) is 0 Å². The van der Waals surface area contributed by atoms with Gasteiger partial charge in [-0.2, -0.15) is 0 Å². The van der Waals surface area contributed by atoms with Crippen LogP contribution in [0.1, 0.15) is 31.2 Å². The molecule has 0 radical (unpaired) electrons. The van der Waals surface area contributed by atoms with Crippen molar-refractivity contribution in [2.75, 3.05) is 0 Å². The Bertz CT molecular complexity index is 342. The molecule has 0 spiro atoms. The molecule has 1 atom stereocenters. The van der Waals surface area contributed by atoms with Crippen LogP contribution in [-0.2, 0) is 11.2 Å². The third kappa shape index (κ3) is 2.88. The molecule has 0 aliphatic heterocycles. The Balaban J connectivity index is 1.96. The molecular weight excluding hydrogens is 191 g/mol. The number of halogens is 1. The lowest BCUT2D eigenvalue weighted by Gasteiger charge is -2.20. The highest BCUT2D eigenvalue weighted by Gasteiger charge is 2.19. The summed E-state index contributed by atoms with van der Waals surface area (Å²) in [6.07, 6.45) is 4.51. The molecule has 80 valence electrons. The summed E-state index contributed by atoms with van der Waals surface area (Å²) in [7, 11) is 0. The number of rotatable bonds is 2. The number of carbonyl (C=O) groups excluding carboxylic acids is 1. The van der Waals surface area contributed by atoms with Gasteiger partial charge in [0, 0.05) is 12.8 Å². The van der Waals surface area contributed by atoms with Crippen LogP contribution in [-0.4, -0.2) is 5.78 Å². The Morgan fingerprint density at radius 3 is 2.67 bits per heavy atom. The van der Waals surface area contributed by atoms with Gasteiger partial charge in [0.15, 0.2) is 0 Å². The maximum Gasteiger partial charge on any atom is 0.133 e. The number of hydrogen-bond donors (Lipinski definition) is 0. The van der Waals surface area contributed by atoms with Gasteiger partial charge in [-0.15, -0.1) is 0 Å². The fourth-order valence-electron chi connectivity index (χ4n) is 2.24. The Hall–Kier alpha value is -1.18. The molecule has 1 aromatic rings. The number of carbonyl (C=O) groups is 1. The molecule has 0 saturated heterocycles. The third-order valence-corrected chi connectivity index (χ3v) is 3.02. The van der Waals surface area contributed by atoms with Gasteiger partial charge in [-0.25, -0.2) is 4.39 Å². The zero-order valence-electron chi connectivity index (χ0n) is 8.71. The van der Waals surface area contributed by atoms with Crippen molar-refractivity contribution < 1.29 is 9.18 Å². The molecule has 1 aliphatic rings. The minimum absolute atomic E-state index is 0.196. The van der Waals surface area contributed by atoms with Gasteiger partial charge in [0.05, 0.1) is 0 Å². The Kier molecular flexibility index (Phi) is 3.14. The highest BCUT2D eigenvalue weighted by atomic mass is 19.1. The maximum absolute atomic E-state index is 12.7. The van der Waals surface area contributed by atoms with E-state index in [1.165, 1.54) is 12.1 Å². The summed E-state index contributed by atoms with van der Waals surface area (Å²) in [6.45, 7) is 0. The zero-order valence-corrected chi connectivity index (χ0v) is 8.71. The number of ketones is 1. The second-order valence-corrected chi connectivity index (χ2v) is 4.33. The van der Waals surface area contributed by atoms with Gasteiger partial charge in [0.1, 0.15) is 11.6 Å². The summed E-state index contributed by atoms with van der Waals surface area (Å²) < 4.78 is 12.7. The van der Waals surface area contributed by atoms with Gasteiger partial charge in [-0.3, -0.25) is 4.79 Å². The van der Waals surface area contributed by atoms with E-state index in [1.807, 2.05) is 12.1 Å². The van der Waals surface area contributed by atoms with Crippen LogP contribution < -0.4 is 0 Å². The monoisotopic (exact) mass is 206 g/mol. The molecule has 1 saturated carbocycles. The average molecular weight is 206 g/mol. The third-order valence-electron chi connectivity index (χ3n) is 3.02. The predicted octanol–water partition coefficient (Wildman–Crippen LogP) is 3.13. The number of Topliss-reactive ketones (excluding diaryl/α,β-unsaturated/α-hetero) is 1. The fourth-order valence-corrected chi connectivity index (χ4v) is 2.24. The van der Waals surface area contributed by atoms with E-state index in [0.29, 0.717) is 18.1 Å². The average Bonchev–Trinajstić information content (AvgIpc) is 2.22. The minimum Gasteiger partial charge on any atom is -0.300 e. The molecule has 1 nitrogen and oxygen atoms in total. The van der Waals surface area contributed by atoms with E-state index in [1.54, 1.807) is 0 Å². The largest absolute Gasteiger partial charge is 0.300 e. The second-order valence-electron chi connectivity index (χ2n) is 4.33. The molecule has 0 bridgehead atoms. The smallest absolute Gasteiger partial charge is 0.133 e. The summed E-state index contributed by atoms with van der Waals surface area (Å²) in [4.78, 5) is 11.3. The van der Waals surface area contributed by atoms with Crippen molar-refractivity contribution in [2.24, 2.45) is 5.92 Å². The molecule has 15 heavy (non-hydrogen) atoms. The van der Waals surface area contributed by atoms with Crippen LogP contribution in [0.2, 0.25) is 0 Å². The van der Waals surface area contributed by atoms with E-state index in [4.69, 9.17) is 0 Å². The van der Waals surface area contributed by atoms with Crippen LogP contribution in [0.15, 0.2) is 24.3 Å². The van der Waals surface area contributed by atoms with Crippen molar-refractivity contribution in [1.82, 2.24) is 0 Å². The topological polar surface area (TPSA) is 17.1 Å². The highest BCUT2D eigenvalue weighted by molar-refractivity contribution is 5.79. The van der Waals surface area contributed by atoms with Gasteiger partial charge < -0.3 is 0 Å². The van der Waals surface area contributed by atoms with Crippen LogP contribution in [0.25, 0.3) is 0 Å². The molecule has 1 fully saturated rings. The zero-order chi connectivity index (χ0) is 10.7. The number of hydrogen-bond acceptors (Lipinski definition) is 1. The normalized spacial score (nSPS) is 21.7.